The molecule has 0 radical (unpaired) electrons. The van der Waals surface area contributed by atoms with Crippen LogP contribution in [0.1, 0.15) is 40.0 Å². The predicted molar refractivity (Wildman–Crippen MR) is 76.7 cm³/mol. The van der Waals surface area contributed by atoms with Crippen molar-refractivity contribution in [2.24, 2.45) is 0 Å². The van der Waals surface area contributed by atoms with Gasteiger partial charge < -0.3 is 14.8 Å². The second-order valence-electron chi connectivity index (χ2n) is 5.30. The Balaban J connectivity index is 1.93. The van der Waals surface area contributed by atoms with Crippen LogP contribution in [0.15, 0.2) is 18.3 Å². The van der Waals surface area contributed by atoms with E-state index in [2.05, 4.69) is 24.1 Å². The van der Waals surface area contributed by atoms with E-state index in [-0.39, 0.29) is 5.60 Å². The third kappa shape index (κ3) is 3.83. The van der Waals surface area contributed by atoms with Gasteiger partial charge in [-0.15, -0.1) is 0 Å². The summed E-state index contributed by atoms with van der Waals surface area (Å²) in [5.41, 5.74) is 1.06. The summed E-state index contributed by atoms with van der Waals surface area (Å²) in [6.07, 6.45) is 4.97. The first-order valence-corrected chi connectivity index (χ1v) is 7.14. The second-order valence-corrected chi connectivity index (χ2v) is 5.30. The largest absolute Gasteiger partial charge is 0.478 e. The number of nitrogens with one attached hydrogen (secondary N) is 1. The van der Waals surface area contributed by atoms with Gasteiger partial charge in [-0.2, -0.15) is 0 Å². The highest BCUT2D eigenvalue weighted by Crippen LogP contribution is 2.29. The minimum absolute atomic E-state index is 0.00854. The molecule has 1 aliphatic heterocycles. The average molecular weight is 264 g/mol. The number of nitrogens with zero attached hydrogens (tertiary/aromatic N) is 1. The normalized spacial score (nSPS) is 27.0. The zero-order valence-corrected chi connectivity index (χ0v) is 12.1. The zero-order chi connectivity index (χ0) is 13.7. The molecule has 0 amide bonds. The van der Waals surface area contributed by atoms with Gasteiger partial charge in [-0.05, 0) is 39.2 Å². The van der Waals surface area contributed by atoms with Gasteiger partial charge in [0.2, 0.25) is 5.88 Å². The minimum atomic E-state index is 0.00854. The monoisotopic (exact) mass is 264 g/mol. The SMILES string of the molecule is CCOc1ccc(NC2CCOC(C)(CC)C2)cn1. The van der Waals surface area contributed by atoms with Crippen molar-refractivity contribution in [2.45, 2.75) is 51.7 Å². The number of hydrogen-bond donors (Lipinski definition) is 1. The van der Waals surface area contributed by atoms with E-state index in [0.29, 0.717) is 18.5 Å². The summed E-state index contributed by atoms with van der Waals surface area (Å²) in [6, 6.07) is 4.39. The molecular formula is C15H24N2O2. The fourth-order valence-electron chi connectivity index (χ4n) is 2.43. The molecule has 0 bridgehead atoms. The van der Waals surface area contributed by atoms with Crippen LogP contribution in [0.3, 0.4) is 0 Å². The van der Waals surface area contributed by atoms with Crippen molar-refractivity contribution >= 4 is 5.69 Å². The second kappa shape index (κ2) is 6.24. The Kier molecular flexibility index (Phi) is 4.64. The van der Waals surface area contributed by atoms with Gasteiger partial charge in [0, 0.05) is 18.7 Å². The molecule has 1 N–H and O–H groups in total. The summed E-state index contributed by atoms with van der Waals surface area (Å²) in [4.78, 5) is 4.27. The number of ether oxygens (including phenoxy) is 2. The number of rotatable bonds is 5. The van der Waals surface area contributed by atoms with Crippen molar-refractivity contribution < 1.29 is 9.47 Å². The van der Waals surface area contributed by atoms with Crippen LogP contribution in [-0.4, -0.2) is 29.8 Å². The molecule has 4 heteroatoms. The maximum Gasteiger partial charge on any atom is 0.213 e. The molecule has 2 heterocycles. The van der Waals surface area contributed by atoms with Crippen molar-refractivity contribution in [3.63, 3.8) is 0 Å². The zero-order valence-electron chi connectivity index (χ0n) is 12.1. The van der Waals surface area contributed by atoms with Crippen LogP contribution in [-0.2, 0) is 4.74 Å². The van der Waals surface area contributed by atoms with E-state index >= 15 is 0 Å². The average Bonchev–Trinajstić information content (AvgIpc) is 2.42. The Hall–Kier alpha value is -1.29. The number of anilines is 1. The molecule has 0 saturated carbocycles. The van der Waals surface area contributed by atoms with Gasteiger partial charge in [0.25, 0.3) is 0 Å². The summed E-state index contributed by atoms with van der Waals surface area (Å²) >= 11 is 0. The van der Waals surface area contributed by atoms with Gasteiger partial charge in [0.05, 0.1) is 24.1 Å². The third-order valence-corrected chi connectivity index (χ3v) is 3.74. The molecule has 1 aliphatic rings. The fraction of sp³-hybridized carbons (Fsp3) is 0.667. The first-order valence-electron chi connectivity index (χ1n) is 7.14. The van der Waals surface area contributed by atoms with E-state index in [1.54, 1.807) is 0 Å². The number of aromatic nitrogens is 1. The number of pyridine rings is 1. The van der Waals surface area contributed by atoms with Crippen LogP contribution < -0.4 is 10.1 Å². The number of hydrogen-bond acceptors (Lipinski definition) is 4. The Labute approximate surface area is 115 Å². The van der Waals surface area contributed by atoms with E-state index < -0.39 is 0 Å². The van der Waals surface area contributed by atoms with E-state index in [1.807, 2.05) is 25.3 Å². The standard InChI is InChI=1S/C15H24N2O2/c1-4-15(3)10-12(8-9-19-15)17-13-6-7-14(16-11-13)18-5-2/h6-7,11-12,17H,4-5,8-10H2,1-3H3. The molecule has 1 saturated heterocycles. The van der Waals surface area contributed by atoms with Crippen molar-refractivity contribution in [1.82, 2.24) is 4.98 Å². The lowest BCUT2D eigenvalue weighted by atomic mass is 9.90. The van der Waals surface area contributed by atoms with Crippen LogP contribution in [0.25, 0.3) is 0 Å². The first kappa shape index (κ1) is 14.1. The highest BCUT2D eigenvalue weighted by molar-refractivity contribution is 5.43. The third-order valence-electron chi connectivity index (χ3n) is 3.74. The van der Waals surface area contributed by atoms with Gasteiger partial charge in [-0.3, -0.25) is 0 Å². The fourth-order valence-corrected chi connectivity index (χ4v) is 2.43. The van der Waals surface area contributed by atoms with E-state index in [0.717, 1.165) is 31.6 Å². The van der Waals surface area contributed by atoms with Gasteiger partial charge >= 0.3 is 0 Å². The molecule has 106 valence electrons. The molecule has 19 heavy (non-hydrogen) atoms. The molecule has 1 aromatic rings. The van der Waals surface area contributed by atoms with Crippen molar-refractivity contribution in [3.8, 4) is 5.88 Å². The van der Waals surface area contributed by atoms with Crippen molar-refractivity contribution in [3.05, 3.63) is 18.3 Å². The Bertz CT molecular complexity index is 394. The lowest BCUT2D eigenvalue weighted by Gasteiger charge is -2.38. The van der Waals surface area contributed by atoms with Gasteiger partial charge in [-0.25, -0.2) is 4.98 Å². The van der Waals surface area contributed by atoms with Crippen LogP contribution in [0.5, 0.6) is 5.88 Å². The Morgan fingerprint density at radius 1 is 1.47 bits per heavy atom. The van der Waals surface area contributed by atoms with Crippen molar-refractivity contribution in [1.29, 1.82) is 0 Å². The molecule has 1 aromatic heterocycles. The summed E-state index contributed by atoms with van der Waals surface area (Å²) in [6.45, 7) is 7.81. The maximum absolute atomic E-state index is 5.86. The maximum atomic E-state index is 5.86. The first-order chi connectivity index (χ1) is 9.15. The van der Waals surface area contributed by atoms with E-state index in [4.69, 9.17) is 9.47 Å². The van der Waals surface area contributed by atoms with Crippen LogP contribution >= 0.6 is 0 Å². The summed E-state index contributed by atoms with van der Waals surface area (Å²) in [7, 11) is 0. The van der Waals surface area contributed by atoms with Crippen LogP contribution in [0, 0.1) is 0 Å². The quantitative estimate of drug-likeness (QED) is 0.886. The predicted octanol–water partition coefficient (Wildman–Crippen LogP) is 3.24. The molecule has 2 unspecified atom stereocenters. The topological polar surface area (TPSA) is 43.4 Å². The summed E-state index contributed by atoms with van der Waals surface area (Å²) < 4.78 is 11.2. The molecule has 0 aliphatic carbocycles. The molecule has 1 fully saturated rings. The smallest absolute Gasteiger partial charge is 0.213 e. The molecule has 2 atom stereocenters. The van der Waals surface area contributed by atoms with Gasteiger partial charge in [0.15, 0.2) is 0 Å². The van der Waals surface area contributed by atoms with Gasteiger partial charge in [0.1, 0.15) is 0 Å². The summed E-state index contributed by atoms with van der Waals surface area (Å²) in [5.74, 6) is 0.679. The lowest BCUT2D eigenvalue weighted by molar-refractivity contribution is -0.0708. The molecule has 0 aromatic carbocycles. The highest BCUT2D eigenvalue weighted by Gasteiger charge is 2.31. The Morgan fingerprint density at radius 3 is 2.95 bits per heavy atom. The van der Waals surface area contributed by atoms with Crippen LogP contribution in [0.2, 0.25) is 0 Å². The molecule has 2 rings (SSSR count). The lowest BCUT2D eigenvalue weighted by Crippen LogP contribution is -2.41. The van der Waals surface area contributed by atoms with E-state index in [1.165, 1.54) is 0 Å². The van der Waals surface area contributed by atoms with Gasteiger partial charge in [-0.1, -0.05) is 6.92 Å². The van der Waals surface area contributed by atoms with Crippen molar-refractivity contribution in [2.75, 3.05) is 18.5 Å². The summed E-state index contributed by atoms with van der Waals surface area (Å²) in [5, 5.41) is 3.54. The highest BCUT2D eigenvalue weighted by atomic mass is 16.5. The molecule has 0 spiro atoms. The molecular weight excluding hydrogens is 240 g/mol. The minimum Gasteiger partial charge on any atom is -0.478 e. The van der Waals surface area contributed by atoms with E-state index in [9.17, 15) is 0 Å². The molecule has 4 nitrogen and oxygen atoms in total. The Morgan fingerprint density at radius 2 is 2.32 bits per heavy atom. The van der Waals surface area contributed by atoms with Crippen LogP contribution in [0.4, 0.5) is 5.69 Å².